The molecule has 1 rings (SSSR count). The van der Waals surface area contributed by atoms with Crippen molar-refractivity contribution >= 4 is 17.4 Å². The summed E-state index contributed by atoms with van der Waals surface area (Å²) in [6.07, 6.45) is 0.424. The maximum Gasteiger partial charge on any atom is 0.162 e. The minimum atomic E-state index is -0.359. The molecule has 0 radical (unpaired) electrons. The van der Waals surface area contributed by atoms with Gasteiger partial charge in [-0.25, -0.2) is 4.39 Å². The molecule has 0 spiro atoms. The number of alkyl halides is 1. The fourth-order valence-electron chi connectivity index (χ4n) is 1.05. The molecule has 0 fully saturated rings. The number of hydrogen-bond acceptors (Lipinski definition) is 1. The molecular weight excluding hydrogens is 191 g/mol. The van der Waals surface area contributed by atoms with Gasteiger partial charge in [-0.1, -0.05) is 6.92 Å². The summed E-state index contributed by atoms with van der Waals surface area (Å²) in [6, 6.07) is 4.27. The Morgan fingerprint density at radius 2 is 2.23 bits per heavy atom. The van der Waals surface area contributed by atoms with E-state index in [0.717, 1.165) is 0 Å². The van der Waals surface area contributed by atoms with E-state index in [0.29, 0.717) is 17.5 Å². The number of hydrogen-bond donors (Lipinski definition) is 0. The third kappa shape index (κ3) is 2.28. The molecule has 13 heavy (non-hydrogen) atoms. The van der Waals surface area contributed by atoms with Gasteiger partial charge in [0.2, 0.25) is 0 Å². The summed E-state index contributed by atoms with van der Waals surface area (Å²) in [5.41, 5.74) is 0.903. The number of carbonyl (C=O) groups is 1. The summed E-state index contributed by atoms with van der Waals surface area (Å²) >= 11 is 5.50. The van der Waals surface area contributed by atoms with Gasteiger partial charge in [0, 0.05) is 17.5 Å². The van der Waals surface area contributed by atoms with E-state index >= 15 is 0 Å². The Morgan fingerprint density at radius 3 is 2.77 bits per heavy atom. The fraction of sp³-hybridized carbons (Fsp3) is 0.300. The summed E-state index contributed by atoms with van der Waals surface area (Å²) in [5, 5.41) is 0. The van der Waals surface area contributed by atoms with Gasteiger partial charge in [-0.15, -0.1) is 11.6 Å². The zero-order valence-electron chi connectivity index (χ0n) is 7.31. The predicted molar refractivity (Wildman–Crippen MR) is 50.6 cm³/mol. The molecule has 0 bridgehead atoms. The van der Waals surface area contributed by atoms with Crippen LogP contribution in [-0.4, -0.2) is 5.78 Å². The Bertz CT molecular complexity index is 323. The molecule has 0 saturated carbocycles. The summed E-state index contributed by atoms with van der Waals surface area (Å²) < 4.78 is 12.9. The Kier molecular flexibility index (Phi) is 3.43. The first-order valence-electron chi connectivity index (χ1n) is 4.06. The number of Topliss-reactive ketones (excluding diaryl/α,β-unsaturated/α-hetero) is 1. The standard InChI is InChI=1S/C10H10ClFO/c1-2-10(13)7-3-4-9(12)8(5-7)6-11/h3-5H,2,6H2,1H3. The van der Waals surface area contributed by atoms with E-state index in [1.165, 1.54) is 18.2 Å². The highest BCUT2D eigenvalue weighted by atomic mass is 35.5. The number of carbonyl (C=O) groups excluding carboxylic acids is 1. The van der Waals surface area contributed by atoms with Crippen molar-refractivity contribution in [3.8, 4) is 0 Å². The second-order valence-electron chi connectivity index (χ2n) is 2.72. The third-order valence-electron chi connectivity index (χ3n) is 1.83. The number of halogens is 2. The van der Waals surface area contributed by atoms with Crippen LogP contribution in [0.15, 0.2) is 18.2 Å². The second kappa shape index (κ2) is 4.38. The maximum atomic E-state index is 12.9. The Morgan fingerprint density at radius 1 is 1.54 bits per heavy atom. The van der Waals surface area contributed by atoms with Crippen molar-refractivity contribution in [2.24, 2.45) is 0 Å². The van der Waals surface area contributed by atoms with Crippen molar-refractivity contribution < 1.29 is 9.18 Å². The van der Waals surface area contributed by atoms with Crippen molar-refractivity contribution in [2.75, 3.05) is 0 Å². The molecule has 0 aliphatic heterocycles. The smallest absolute Gasteiger partial charge is 0.162 e. The highest BCUT2D eigenvalue weighted by Gasteiger charge is 2.06. The molecule has 0 aliphatic carbocycles. The van der Waals surface area contributed by atoms with Crippen LogP contribution in [0.5, 0.6) is 0 Å². The zero-order chi connectivity index (χ0) is 9.84. The van der Waals surface area contributed by atoms with E-state index in [2.05, 4.69) is 0 Å². The monoisotopic (exact) mass is 200 g/mol. The SMILES string of the molecule is CCC(=O)c1ccc(F)c(CCl)c1. The largest absolute Gasteiger partial charge is 0.294 e. The van der Waals surface area contributed by atoms with Crippen molar-refractivity contribution in [3.05, 3.63) is 35.1 Å². The lowest BCUT2D eigenvalue weighted by Gasteiger charge is -2.01. The fourth-order valence-corrected chi connectivity index (χ4v) is 1.26. The quantitative estimate of drug-likeness (QED) is 0.541. The van der Waals surface area contributed by atoms with E-state index in [-0.39, 0.29) is 17.5 Å². The topological polar surface area (TPSA) is 17.1 Å². The van der Waals surface area contributed by atoms with Gasteiger partial charge in [0.15, 0.2) is 5.78 Å². The molecule has 70 valence electrons. The van der Waals surface area contributed by atoms with Crippen molar-refractivity contribution in [1.29, 1.82) is 0 Å². The van der Waals surface area contributed by atoms with Gasteiger partial charge in [-0.2, -0.15) is 0 Å². The minimum Gasteiger partial charge on any atom is -0.294 e. The molecule has 0 N–H and O–H groups in total. The summed E-state index contributed by atoms with van der Waals surface area (Å²) in [6.45, 7) is 1.77. The van der Waals surface area contributed by atoms with Crippen molar-refractivity contribution in [3.63, 3.8) is 0 Å². The van der Waals surface area contributed by atoms with Gasteiger partial charge in [0.1, 0.15) is 5.82 Å². The van der Waals surface area contributed by atoms with E-state index < -0.39 is 0 Å². The highest BCUT2D eigenvalue weighted by molar-refractivity contribution is 6.17. The first kappa shape index (κ1) is 10.2. The molecule has 0 amide bonds. The number of rotatable bonds is 3. The van der Waals surface area contributed by atoms with Crippen LogP contribution < -0.4 is 0 Å². The summed E-state index contributed by atoms with van der Waals surface area (Å²) in [4.78, 5) is 11.2. The molecule has 3 heteroatoms. The first-order valence-corrected chi connectivity index (χ1v) is 4.60. The molecule has 0 saturated heterocycles. The normalized spacial score (nSPS) is 10.1. The highest BCUT2D eigenvalue weighted by Crippen LogP contribution is 2.14. The Labute approximate surface area is 81.5 Å². The van der Waals surface area contributed by atoms with Crippen LogP contribution in [0, 0.1) is 5.82 Å². The molecule has 0 aliphatic rings. The molecule has 1 aromatic rings. The first-order chi connectivity index (χ1) is 6.19. The number of ketones is 1. The van der Waals surface area contributed by atoms with E-state index in [1.807, 2.05) is 0 Å². The molecule has 0 atom stereocenters. The average Bonchev–Trinajstić information content (AvgIpc) is 2.17. The van der Waals surface area contributed by atoms with Crippen LogP contribution in [0.4, 0.5) is 4.39 Å². The van der Waals surface area contributed by atoms with Crippen LogP contribution in [0.25, 0.3) is 0 Å². The lowest BCUT2D eigenvalue weighted by atomic mass is 10.1. The van der Waals surface area contributed by atoms with Gasteiger partial charge in [0.05, 0.1) is 5.88 Å². The number of benzene rings is 1. The molecule has 1 nitrogen and oxygen atoms in total. The van der Waals surface area contributed by atoms with Gasteiger partial charge in [0.25, 0.3) is 0 Å². The van der Waals surface area contributed by atoms with Gasteiger partial charge in [-0.3, -0.25) is 4.79 Å². The molecule has 0 heterocycles. The minimum absolute atomic E-state index is 0.00590. The molecule has 0 unspecified atom stereocenters. The van der Waals surface area contributed by atoms with Crippen LogP contribution in [0.1, 0.15) is 29.3 Å². The Balaban J connectivity index is 3.06. The van der Waals surface area contributed by atoms with E-state index in [4.69, 9.17) is 11.6 Å². The van der Waals surface area contributed by atoms with Gasteiger partial charge < -0.3 is 0 Å². The third-order valence-corrected chi connectivity index (χ3v) is 2.12. The van der Waals surface area contributed by atoms with Crippen LogP contribution in [0.2, 0.25) is 0 Å². The van der Waals surface area contributed by atoms with E-state index in [1.54, 1.807) is 6.92 Å². The van der Waals surface area contributed by atoms with Gasteiger partial charge >= 0.3 is 0 Å². The van der Waals surface area contributed by atoms with Crippen molar-refractivity contribution in [2.45, 2.75) is 19.2 Å². The van der Waals surface area contributed by atoms with E-state index in [9.17, 15) is 9.18 Å². The average molecular weight is 201 g/mol. The van der Waals surface area contributed by atoms with Gasteiger partial charge in [-0.05, 0) is 18.2 Å². The maximum absolute atomic E-state index is 12.9. The zero-order valence-corrected chi connectivity index (χ0v) is 8.07. The molecule has 0 aromatic heterocycles. The Hall–Kier alpha value is -0.890. The van der Waals surface area contributed by atoms with Crippen LogP contribution >= 0.6 is 11.6 Å². The summed E-state index contributed by atoms with van der Waals surface area (Å²) in [7, 11) is 0. The lowest BCUT2D eigenvalue weighted by molar-refractivity contribution is 0.0988. The molecule has 1 aromatic carbocycles. The lowest BCUT2D eigenvalue weighted by Crippen LogP contribution is -1.98. The molecular formula is C10H10ClFO. The predicted octanol–water partition coefficient (Wildman–Crippen LogP) is 3.16. The second-order valence-corrected chi connectivity index (χ2v) is 2.98. The van der Waals surface area contributed by atoms with Crippen LogP contribution in [0.3, 0.4) is 0 Å². The summed E-state index contributed by atoms with van der Waals surface area (Å²) in [5.74, 6) is -0.259. The van der Waals surface area contributed by atoms with Crippen molar-refractivity contribution in [1.82, 2.24) is 0 Å². The van der Waals surface area contributed by atoms with Crippen LogP contribution in [-0.2, 0) is 5.88 Å².